The maximum absolute atomic E-state index is 10.9. The molecule has 31 heavy (non-hydrogen) atoms. The topological polar surface area (TPSA) is 98.4 Å². The van der Waals surface area contributed by atoms with Crippen molar-refractivity contribution < 1.29 is 23.6 Å². The molecule has 178 valence electrons. The molecule has 3 atom stereocenters. The summed E-state index contributed by atoms with van der Waals surface area (Å²) >= 11 is 2.03. The normalized spacial score (nSPS) is 24.0. The van der Waals surface area contributed by atoms with Gasteiger partial charge in [-0.15, -0.1) is 0 Å². The molecule has 3 heterocycles. The zero-order chi connectivity index (χ0) is 23.4. The first-order valence-electron chi connectivity index (χ1n) is 10.4. The van der Waals surface area contributed by atoms with Crippen LogP contribution in [0.25, 0.3) is 0 Å². The zero-order valence-electron chi connectivity index (χ0n) is 19.2. The molecule has 0 aliphatic carbocycles. The molecule has 2 aliphatic rings. The summed E-state index contributed by atoms with van der Waals surface area (Å²) < 4.78 is 17.9. The summed E-state index contributed by atoms with van der Waals surface area (Å²) in [4.78, 5) is 21.3. The number of ether oxygens (including phenoxy) is 2. The number of fused-ring (bicyclic) bond motifs is 1. The molecule has 0 saturated carbocycles. The lowest BCUT2D eigenvalue weighted by Crippen LogP contribution is -2.25. The number of methoxy groups -OCH3 is 1. The summed E-state index contributed by atoms with van der Waals surface area (Å²) in [5.74, 6) is 0.679. The molecule has 0 bridgehead atoms. The van der Waals surface area contributed by atoms with E-state index in [4.69, 9.17) is 13.7 Å². The Morgan fingerprint density at radius 1 is 1.42 bits per heavy atom. The molecule has 3 unspecified atom stereocenters. The number of aliphatic hydroxyl groups is 1. The van der Waals surface area contributed by atoms with Crippen LogP contribution in [0, 0.1) is 0 Å². The van der Waals surface area contributed by atoms with E-state index >= 15 is 0 Å². The first-order valence-corrected chi connectivity index (χ1v) is 13.7. The largest absolute Gasteiger partial charge is 0.390 e. The van der Waals surface area contributed by atoms with Crippen LogP contribution in [0.15, 0.2) is 11.3 Å². The maximum atomic E-state index is 10.9. The summed E-state index contributed by atoms with van der Waals surface area (Å²) in [6.07, 6.45) is 4.69. The van der Waals surface area contributed by atoms with Crippen LogP contribution in [-0.2, 0) is 24.9 Å². The van der Waals surface area contributed by atoms with Crippen LogP contribution in [0.3, 0.4) is 0 Å². The Balaban J connectivity index is 0.000000521. The van der Waals surface area contributed by atoms with Gasteiger partial charge in [0.05, 0.1) is 45.9 Å². The first-order chi connectivity index (χ1) is 14.8. The van der Waals surface area contributed by atoms with Crippen LogP contribution in [0.4, 0.5) is 5.82 Å². The van der Waals surface area contributed by atoms with E-state index in [0.717, 1.165) is 24.9 Å². The van der Waals surface area contributed by atoms with Gasteiger partial charge >= 0.3 is 0 Å². The number of aryl methyl sites for hydroxylation is 1. The summed E-state index contributed by atoms with van der Waals surface area (Å²) in [6.45, 7) is 11.0. The van der Waals surface area contributed by atoms with E-state index in [1.165, 1.54) is 20.5 Å². The fourth-order valence-electron chi connectivity index (χ4n) is 2.75. The van der Waals surface area contributed by atoms with Crippen LogP contribution >= 0.6 is 30.4 Å². The minimum Gasteiger partial charge on any atom is -0.390 e. The second kappa shape index (κ2) is 14.4. The summed E-state index contributed by atoms with van der Waals surface area (Å²) in [7, 11) is 2.93. The van der Waals surface area contributed by atoms with Crippen LogP contribution in [0.1, 0.15) is 59.4 Å². The predicted octanol–water partition coefficient (Wildman–Crippen LogP) is 4.07. The first kappa shape index (κ1) is 28.3. The number of imidazole rings is 1. The Labute approximate surface area is 201 Å². The molecule has 1 aromatic heterocycles. The molecule has 1 N–H and O–H groups in total. The number of amides is 1. The number of halogens is 1. The predicted molar refractivity (Wildman–Crippen MR) is 132 cm³/mol. The molecule has 0 spiro atoms. The van der Waals surface area contributed by atoms with Gasteiger partial charge in [0.2, 0.25) is 6.41 Å². The van der Waals surface area contributed by atoms with Gasteiger partial charge in [-0.3, -0.25) is 9.36 Å². The van der Waals surface area contributed by atoms with E-state index in [1.54, 1.807) is 13.4 Å². The fourth-order valence-corrected chi connectivity index (χ4v) is 3.37. The highest BCUT2D eigenvalue weighted by Gasteiger charge is 2.36. The van der Waals surface area contributed by atoms with E-state index in [2.05, 4.69) is 9.98 Å². The lowest BCUT2D eigenvalue weighted by molar-refractivity contribution is -0.114. The summed E-state index contributed by atoms with van der Waals surface area (Å²) in [6, 6.07) is 0. The van der Waals surface area contributed by atoms with E-state index < -0.39 is 6.10 Å². The van der Waals surface area contributed by atoms with Gasteiger partial charge in [0, 0.05) is 41.3 Å². The number of aromatic nitrogens is 2. The Morgan fingerprint density at radius 3 is 2.68 bits per heavy atom. The van der Waals surface area contributed by atoms with Gasteiger partial charge in [-0.1, -0.05) is 13.8 Å². The van der Waals surface area contributed by atoms with E-state index in [9.17, 15) is 9.90 Å². The molecule has 11 heteroatoms. The second-order valence-electron chi connectivity index (χ2n) is 7.71. The summed E-state index contributed by atoms with van der Waals surface area (Å²) in [5.41, 5.74) is 0.924. The number of aliphatic imine (C=N–C) groups is 1. The minimum atomic E-state index is -0.592. The average Bonchev–Trinajstić information content (AvgIpc) is 3.30. The monoisotopic (exact) mass is 570 g/mol. The molecule has 9 nitrogen and oxygen atoms in total. The molecule has 1 saturated heterocycles. The van der Waals surface area contributed by atoms with Gasteiger partial charge < -0.3 is 23.7 Å². The van der Waals surface area contributed by atoms with Gasteiger partial charge in [-0.05, 0) is 33.6 Å². The van der Waals surface area contributed by atoms with Crippen molar-refractivity contribution in [3.05, 3.63) is 12.0 Å². The van der Waals surface area contributed by atoms with E-state index in [-0.39, 0.29) is 17.9 Å². The Hall–Kier alpha value is -0.730. The quantitative estimate of drug-likeness (QED) is 0.324. The minimum absolute atomic E-state index is 0.0417. The molecule has 3 rings (SSSR count). The van der Waals surface area contributed by atoms with Gasteiger partial charge in [-0.2, -0.15) is 0 Å². The number of hydrogen-bond donors (Lipinski definition) is 1. The smallest absolute Gasteiger partial charge is 0.214 e. The van der Waals surface area contributed by atoms with Gasteiger partial charge in [0.15, 0.2) is 5.82 Å². The molecular formula is C20H35IN4O5S. The van der Waals surface area contributed by atoms with Crippen molar-refractivity contribution in [2.24, 2.45) is 4.99 Å². The molecular weight excluding hydrogens is 535 g/mol. The Morgan fingerprint density at radius 2 is 2.10 bits per heavy atom. The SMILES string of the molecule is CC.COC(C)(C)C.O=CN1/C=N\c2c(ncn2C2CC(O)C(COSI)O2)CCC1. The van der Waals surface area contributed by atoms with E-state index in [0.29, 0.717) is 25.4 Å². The number of aliphatic hydroxyl groups excluding tert-OH is 1. The van der Waals surface area contributed by atoms with Gasteiger partial charge in [0.1, 0.15) is 12.3 Å². The van der Waals surface area contributed by atoms with Crippen molar-refractivity contribution in [3.8, 4) is 0 Å². The third kappa shape index (κ3) is 9.34. The van der Waals surface area contributed by atoms with E-state index in [1.807, 2.05) is 60.4 Å². The maximum Gasteiger partial charge on any atom is 0.214 e. The number of nitrogens with zero attached hydrogens (tertiary/aromatic N) is 4. The fraction of sp³-hybridized carbons (Fsp3) is 0.750. The van der Waals surface area contributed by atoms with Gasteiger partial charge in [-0.25, -0.2) is 9.98 Å². The van der Waals surface area contributed by atoms with Crippen LogP contribution in [0.2, 0.25) is 0 Å². The van der Waals surface area contributed by atoms with Crippen LogP contribution in [-0.4, -0.2) is 70.4 Å². The second-order valence-corrected chi connectivity index (χ2v) is 9.15. The lowest BCUT2D eigenvalue weighted by Gasteiger charge is -2.17. The highest BCUT2D eigenvalue weighted by molar-refractivity contribution is 14.2. The van der Waals surface area contributed by atoms with Crippen molar-refractivity contribution in [1.29, 1.82) is 0 Å². The van der Waals surface area contributed by atoms with Crippen molar-refractivity contribution in [2.75, 3.05) is 20.3 Å². The molecule has 1 fully saturated rings. The highest BCUT2D eigenvalue weighted by Crippen LogP contribution is 2.34. The zero-order valence-corrected chi connectivity index (χ0v) is 22.1. The van der Waals surface area contributed by atoms with Crippen molar-refractivity contribution in [1.82, 2.24) is 14.5 Å². The van der Waals surface area contributed by atoms with Crippen molar-refractivity contribution in [3.63, 3.8) is 0 Å². The van der Waals surface area contributed by atoms with Crippen LogP contribution < -0.4 is 0 Å². The standard InChI is InChI=1S/C13H17IN4O4S.C5H12O.C2H6/c14-23-21-5-11-10(20)4-12(22-11)18-7-15-9-2-1-3-17(8-19)6-16-13(9)18;1-5(2,3)6-4;1-2/h6-8,10-12,20H,1-5H2;1-4H3;1-2H3/b16-6-;;. The highest BCUT2D eigenvalue weighted by atomic mass is 127. The number of carbonyl (C=O) groups is 1. The number of hydrogen-bond acceptors (Lipinski definition) is 8. The average molecular weight is 570 g/mol. The number of rotatable bonds is 5. The molecule has 0 radical (unpaired) electrons. The summed E-state index contributed by atoms with van der Waals surface area (Å²) in [5, 5.41) is 10.1. The lowest BCUT2D eigenvalue weighted by atomic mass is 10.2. The third-order valence-corrected chi connectivity index (χ3v) is 5.53. The molecule has 2 aliphatic heterocycles. The van der Waals surface area contributed by atoms with Crippen LogP contribution in [0.5, 0.6) is 0 Å². The van der Waals surface area contributed by atoms with Crippen molar-refractivity contribution in [2.45, 2.75) is 77.9 Å². The molecule has 1 amide bonds. The Bertz CT molecular complexity index is 683. The number of carbonyl (C=O) groups excluding carboxylic acids is 1. The molecule has 1 aromatic rings. The third-order valence-electron chi connectivity index (χ3n) is 4.54. The van der Waals surface area contributed by atoms with Gasteiger partial charge in [0.25, 0.3) is 0 Å². The molecule has 0 aromatic carbocycles. The van der Waals surface area contributed by atoms with Crippen molar-refractivity contribution >= 4 is 49.0 Å². The Kier molecular flexibility index (Phi) is 13.2.